The molecule has 0 bridgehead atoms. The summed E-state index contributed by atoms with van der Waals surface area (Å²) in [5.74, 6) is 0.187. The lowest BCUT2D eigenvalue weighted by atomic mass is 10.1. The Morgan fingerprint density at radius 1 is 1.10 bits per heavy atom. The molecule has 3 rings (SSSR count). The Balaban J connectivity index is 1.80. The lowest BCUT2D eigenvalue weighted by Gasteiger charge is -2.24. The predicted molar refractivity (Wildman–Crippen MR) is 114 cm³/mol. The number of benzene rings is 2. The summed E-state index contributed by atoms with van der Waals surface area (Å²) < 4.78 is 11.4. The van der Waals surface area contributed by atoms with Gasteiger partial charge in [0.25, 0.3) is 0 Å². The zero-order chi connectivity index (χ0) is 21.1. The van der Waals surface area contributed by atoms with E-state index in [2.05, 4.69) is 10.6 Å². The highest BCUT2D eigenvalue weighted by atomic mass is 16.5. The van der Waals surface area contributed by atoms with Gasteiger partial charge in [0.15, 0.2) is 0 Å². The summed E-state index contributed by atoms with van der Waals surface area (Å²) in [5.41, 5.74) is 1.97. The van der Waals surface area contributed by atoms with E-state index in [9.17, 15) is 9.59 Å². The Morgan fingerprint density at radius 2 is 1.83 bits per heavy atom. The van der Waals surface area contributed by atoms with E-state index < -0.39 is 6.04 Å². The molecule has 7 nitrogen and oxygen atoms in total. The van der Waals surface area contributed by atoms with E-state index in [4.69, 9.17) is 9.15 Å². The van der Waals surface area contributed by atoms with Gasteiger partial charge in [-0.25, -0.2) is 0 Å². The number of likely N-dealkylation sites (N-methyl/N-ethyl adjacent to an activating group) is 1. The second-order valence-corrected chi connectivity index (χ2v) is 7.45. The highest BCUT2D eigenvalue weighted by molar-refractivity contribution is 6.08. The third-order valence-electron chi connectivity index (χ3n) is 4.84. The molecule has 1 aromatic heterocycles. The minimum atomic E-state index is -0.510. The fourth-order valence-electron chi connectivity index (χ4n) is 3.19. The Labute approximate surface area is 170 Å². The number of carbonyl (C=O) groups is 2. The van der Waals surface area contributed by atoms with Gasteiger partial charge in [-0.15, -0.1) is 0 Å². The second kappa shape index (κ2) is 8.53. The lowest BCUT2D eigenvalue weighted by molar-refractivity contribution is -0.125. The second-order valence-electron chi connectivity index (χ2n) is 7.45. The molecule has 29 heavy (non-hydrogen) atoms. The van der Waals surface area contributed by atoms with Gasteiger partial charge in [0.2, 0.25) is 11.8 Å². The molecule has 0 aliphatic rings. The van der Waals surface area contributed by atoms with Crippen molar-refractivity contribution in [2.45, 2.75) is 32.9 Å². The van der Waals surface area contributed by atoms with Gasteiger partial charge in [-0.2, -0.15) is 0 Å². The van der Waals surface area contributed by atoms with Gasteiger partial charge in [-0.1, -0.05) is 18.2 Å². The van der Waals surface area contributed by atoms with Crippen LogP contribution in [0.2, 0.25) is 0 Å². The zero-order valence-corrected chi connectivity index (χ0v) is 17.4. The summed E-state index contributed by atoms with van der Waals surface area (Å²) in [6.45, 7) is 5.68. The standard InChI is InChI=1S/C22H27N3O4/c1-13(2)23-21(26)12-25(4)14(3)22(27)24-17-11-19-16(10-20(17)28-5)15-8-6-7-9-18(15)29-19/h6-11,13-14H,12H2,1-5H3,(H,23,26)(H,24,27)/t14-/m0/s1. The van der Waals surface area contributed by atoms with Gasteiger partial charge in [0.1, 0.15) is 16.9 Å². The number of nitrogens with zero attached hydrogens (tertiary/aromatic N) is 1. The van der Waals surface area contributed by atoms with Crippen molar-refractivity contribution in [3.05, 3.63) is 36.4 Å². The quantitative estimate of drug-likeness (QED) is 0.639. The van der Waals surface area contributed by atoms with Crippen LogP contribution in [-0.4, -0.2) is 49.5 Å². The van der Waals surface area contributed by atoms with Crippen molar-refractivity contribution in [3.63, 3.8) is 0 Å². The molecular formula is C22H27N3O4. The molecule has 2 amide bonds. The minimum Gasteiger partial charge on any atom is -0.495 e. The maximum Gasteiger partial charge on any atom is 0.241 e. The number of anilines is 1. The van der Waals surface area contributed by atoms with Crippen LogP contribution in [0.1, 0.15) is 20.8 Å². The normalized spacial score (nSPS) is 12.5. The van der Waals surface area contributed by atoms with Crippen LogP contribution < -0.4 is 15.4 Å². The molecular weight excluding hydrogens is 370 g/mol. The summed E-state index contributed by atoms with van der Waals surface area (Å²) in [6, 6.07) is 10.9. The molecule has 0 saturated carbocycles. The van der Waals surface area contributed by atoms with Crippen LogP contribution in [0.25, 0.3) is 21.9 Å². The summed E-state index contributed by atoms with van der Waals surface area (Å²) >= 11 is 0. The molecule has 7 heteroatoms. The van der Waals surface area contributed by atoms with Crippen LogP contribution in [0, 0.1) is 0 Å². The van der Waals surface area contributed by atoms with Crippen LogP contribution in [0.5, 0.6) is 5.75 Å². The first-order valence-electron chi connectivity index (χ1n) is 9.60. The lowest BCUT2D eigenvalue weighted by Crippen LogP contribution is -2.46. The van der Waals surface area contributed by atoms with Crippen molar-refractivity contribution in [2.24, 2.45) is 0 Å². The van der Waals surface area contributed by atoms with Crippen molar-refractivity contribution in [2.75, 3.05) is 26.0 Å². The Morgan fingerprint density at radius 3 is 2.52 bits per heavy atom. The van der Waals surface area contributed by atoms with E-state index in [1.807, 2.05) is 44.2 Å². The first-order chi connectivity index (χ1) is 13.8. The number of carbonyl (C=O) groups excluding carboxylic acids is 2. The van der Waals surface area contributed by atoms with Crippen LogP contribution in [-0.2, 0) is 9.59 Å². The summed E-state index contributed by atoms with van der Waals surface area (Å²) in [4.78, 5) is 26.4. The van der Waals surface area contributed by atoms with Crippen LogP contribution in [0.15, 0.2) is 40.8 Å². The molecule has 0 unspecified atom stereocenters. The third-order valence-corrected chi connectivity index (χ3v) is 4.84. The zero-order valence-electron chi connectivity index (χ0n) is 17.4. The molecule has 0 radical (unpaired) electrons. The van der Waals surface area contributed by atoms with Crippen LogP contribution in [0.3, 0.4) is 0 Å². The van der Waals surface area contributed by atoms with Crippen LogP contribution >= 0.6 is 0 Å². The molecule has 3 aromatic rings. The topological polar surface area (TPSA) is 83.8 Å². The number of ether oxygens (including phenoxy) is 1. The molecule has 2 aromatic carbocycles. The molecule has 1 atom stereocenters. The molecule has 1 heterocycles. The van der Waals surface area contributed by atoms with Gasteiger partial charge in [-0.05, 0) is 40.0 Å². The van der Waals surface area contributed by atoms with Crippen molar-refractivity contribution in [1.82, 2.24) is 10.2 Å². The average Bonchev–Trinajstić information content (AvgIpc) is 3.03. The Kier molecular flexibility index (Phi) is 6.08. The maximum atomic E-state index is 12.8. The molecule has 0 spiro atoms. The summed E-state index contributed by atoms with van der Waals surface area (Å²) in [7, 11) is 3.30. The van der Waals surface area contributed by atoms with Crippen molar-refractivity contribution in [1.29, 1.82) is 0 Å². The van der Waals surface area contributed by atoms with E-state index >= 15 is 0 Å². The van der Waals surface area contributed by atoms with E-state index in [-0.39, 0.29) is 24.4 Å². The van der Waals surface area contributed by atoms with Gasteiger partial charge >= 0.3 is 0 Å². The van der Waals surface area contributed by atoms with Gasteiger partial charge < -0.3 is 19.8 Å². The molecule has 0 aliphatic carbocycles. The largest absolute Gasteiger partial charge is 0.495 e. The van der Waals surface area contributed by atoms with Crippen molar-refractivity contribution in [3.8, 4) is 5.75 Å². The average molecular weight is 397 g/mol. The number of hydrogen-bond donors (Lipinski definition) is 2. The highest BCUT2D eigenvalue weighted by Gasteiger charge is 2.22. The molecule has 0 aliphatic heterocycles. The van der Waals surface area contributed by atoms with Gasteiger partial charge in [0, 0.05) is 22.9 Å². The molecule has 154 valence electrons. The monoisotopic (exact) mass is 397 g/mol. The molecule has 0 fully saturated rings. The first-order valence-corrected chi connectivity index (χ1v) is 9.60. The Hall–Kier alpha value is -3.06. The first kappa shape index (κ1) is 20.7. The van der Waals surface area contributed by atoms with Crippen LogP contribution in [0.4, 0.5) is 5.69 Å². The number of fused-ring (bicyclic) bond motifs is 3. The van der Waals surface area contributed by atoms with Gasteiger partial charge in [0.05, 0.1) is 25.4 Å². The number of nitrogens with one attached hydrogen (secondary N) is 2. The van der Waals surface area contributed by atoms with E-state index in [0.29, 0.717) is 17.0 Å². The number of rotatable bonds is 7. The highest BCUT2D eigenvalue weighted by Crippen LogP contribution is 2.36. The molecule has 2 N–H and O–H groups in total. The fraction of sp³-hybridized carbons (Fsp3) is 0.364. The third kappa shape index (κ3) is 4.51. The van der Waals surface area contributed by atoms with E-state index in [1.165, 1.54) is 0 Å². The number of furan rings is 1. The SMILES string of the molecule is COc1cc2c(cc1NC(=O)[C@H](C)N(C)CC(=O)NC(C)C)oc1ccccc12. The van der Waals surface area contributed by atoms with Gasteiger partial charge in [-0.3, -0.25) is 14.5 Å². The summed E-state index contributed by atoms with van der Waals surface area (Å²) in [6.07, 6.45) is 0. The predicted octanol–water partition coefficient (Wildman–Crippen LogP) is 3.38. The smallest absolute Gasteiger partial charge is 0.241 e. The van der Waals surface area contributed by atoms with Crippen molar-refractivity contribution < 1.29 is 18.7 Å². The number of para-hydroxylation sites is 1. The Bertz CT molecular complexity index is 1040. The summed E-state index contributed by atoms with van der Waals surface area (Å²) in [5, 5.41) is 7.63. The molecule has 0 saturated heterocycles. The van der Waals surface area contributed by atoms with Crippen molar-refractivity contribution >= 4 is 39.4 Å². The fourth-order valence-corrected chi connectivity index (χ4v) is 3.19. The maximum absolute atomic E-state index is 12.8. The minimum absolute atomic E-state index is 0.0554. The number of amides is 2. The van der Waals surface area contributed by atoms with E-state index in [1.54, 1.807) is 32.0 Å². The van der Waals surface area contributed by atoms with E-state index in [0.717, 1.165) is 16.4 Å². The number of hydrogen-bond acceptors (Lipinski definition) is 5. The number of methoxy groups -OCH3 is 1.